The Morgan fingerprint density at radius 2 is 2.17 bits per heavy atom. The maximum Gasteiger partial charge on any atom is 0.326 e. The van der Waals surface area contributed by atoms with Crippen LogP contribution in [0.4, 0.5) is 0 Å². The van der Waals surface area contributed by atoms with Crippen LogP contribution in [-0.4, -0.2) is 37.6 Å². The Labute approximate surface area is 132 Å². The van der Waals surface area contributed by atoms with Crippen molar-refractivity contribution in [2.45, 2.75) is 39.7 Å². The Kier molecular flexibility index (Phi) is 4.83. The molecule has 8 heteroatoms. The summed E-state index contributed by atoms with van der Waals surface area (Å²) in [4.78, 5) is 40.0. The van der Waals surface area contributed by atoms with E-state index in [2.05, 4.69) is 15.4 Å². The molecule has 23 heavy (non-hydrogen) atoms. The quantitative estimate of drug-likeness (QED) is 0.716. The van der Waals surface area contributed by atoms with Gasteiger partial charge in [0.25, 0.3) is 5.56 Å². The van der Waals surface area contributed by atoms with Crippen LogP contribution >= 0.6 is 0 Å². The average molecular weight is 320 g/mol. The molecular formula is C15H20N4O4. The Bertz CT molecular complexity index is 792. The minimum Gasteiger partial charge on any atom is -0.480 e. The van der Waals surface area contributed by atoms with Crippen molar-refractivity contribution >= 4 is 17.5 Å². The van der Waals surface area contributed by atoms with E-state index in [4.69, 9.17) is 0 Å². The predicted octanol–water partition coefficient (Wildman–Crippen LogP) is 0.489. The van der Waals surface area contributed by atoms with Gasteiger partial charge in [-0.1, -0.05) is 20.3 Å². The number of aliphatic carboxylic acids is 1. The molecule has 2 aromatic rings. The molecule has 0 fully saturated rings. The number of hydrogen-bond donors (Lipinski definition) is 3. The summed E-state index contributed by atoms with van der Waals surface area (Å²) in [6.45, 7) is 5.26. The summed E-state index contributed by atoms with van der Waals surface area (Å²) < 4.78 is 1.25. The highest BCUT2D eigenvalue weighted by atomic mass is 16.4. The van der Waals surface area contributed by atoms with Gasteiger partial charge in [0, 0.05) is 23.5 Å². The van der Waals surface area contributed by atoms with E-state index in [1.807, 2.05) is 6.92 Å². The SMILES string of the molecule is CC[C@H](C)[C@H](NC(=O)Cc1c(C)nc2cc[nH]n2c1=O)C(=O)O. The van der Waals surface area contributed by atoms with Crippen LogP contribution in [0.5, 0.6) is 0 Å². The lowest BCUT2D eigenvalue weighted by molar-refractivity contribution is -0.143. The maximum absolute atomic E-state index is 12.4. The fourth-order valence-corrected chi connectivity index (χ4v) is 2.38. The number of amides is 1. The summed E-state index contributed by atoms with van der Waals surface area (Å²) in [6, 6.07) is 0.680. The average Bonchev–Trinajstić information content (AvgIpc) is 2.96. The van der Waals surface area contributed by atoms with Crippen LogP contribution in [0.1, 0.15) is 31.5 Å². The molecule has 0 aliphatic rings. The number of fused-ring (bicyclic) bond motifs is 1. The Balaban J connectivity index is 2.23. The van der Waals surface area contributed by atoms with E-state index in [0.29, 0.717) is 17.8 Å². The van der Waals surface area contributed by atoms with E-state index >= 15 is 0 Å². The summed E-state index contributed by atoms with van der Waals surface area (Å²) in [5.41, 5.74) is 0.818. The molecule has 8 nitrogen and oxygen atoms in total. The van der Waals surface area contributed by atoms with Crippen molar-refractivity contribution in [3.63, 3.8) is 0 Å². The molecular weight excluding hydrogens is 300 g/mol. The normalized spacial score (nSPS) is 13.7. The molecule has 0 aliphatic carbocycles. The smallest absolute Gasteiger partial charge is 0.326 e. The highest BCUT2D eigenvalue weighted by Crippen LogP contribution is 2.09. The van der Waals surface area contributed by atoms with Gasteiger partial charge in [0.2, 0.25) is 5.91 Å². The van der Waals surface area contributed by atoms with Crippen LogP contribution in [0.25, 0.3) is 5.65 Å². The third kappa shape index (κ3) is 3.41. The van der Waals surface area contributed by atoms with Gasteiger partial charge < -0.3 is 10.4 Å². The molecule has 124 valence electrons. The molecule has 0 saturated heterocycles. The van der Waals surface area contributed by atoms with Crippen molar-refractivity contribution < 1.29 is 14.7 Å². The number of carbonyl (C=O) groups excluding carboxylic acids is 1. The van der Waals surface area contributed by atoms with E-state index in [0.717, 1.165) is 0 Å². The third-order valence-electron chi connectivity index (χ3n) is 3.98. The fraction of sp³-hybridized carbons (Fsp3) is 0.467. The minimum absolute atomic E-state index is 0.206. The van der Waals surface area contributed by atoms with Crippen molar-refractivity contribution in [2.75, 3.05) is 0 Å². The van der Waals surface area contributed by atoms with Crippen LogP contribution < -0.4 is 10.9 Å². The second-order valence-electron chi connectivity index (χ2n) is 5.58. The molecule has 0 unspecified atom stereocenters. The van der Waals surface area contributed by atoms with Crippen LogP contribution in [0.3, 0.4) is 0 Å². The first-order valence-corrected chi connectivity index (χ1v) is 7.43. The van der Waals surface area contributed by atoms with Gasteiger partial charge in [0.1, 0.15) is 6.04 Å². The first-order chi connectivity index (χ1) is 10.8. The van der Waals surface area contributed by atoms with Crippen molar-refractivity contribution in [3.05, 3.63) is 33.9 Å². The number of hydrogen-bond acceptors (Lipinski definition) is 4. The number of aromatic amines is 1. The number of rotatable bonds is 6. The monoisotopic (exact) mass is 320 g/mol. The number of nitrogens with zero attached hydrogens (tertiary/aromatic N) is 2. The lowest BCUT2D eigenvalue weighted by Crippen LogP contribution is -2.46. The molecule has 0 aromatic carbocycles. The lowest BCUT2D eigenvalue weighted by Gasteiger charge is -2.20. The van der Waals surface area contributed by atoms with Crippen molar-refractivity contribution in [1.82, 2.24) is 19.9 Å². The zero-order chi connectivity index (χ0) is 17.1. The molecule has 0 saturated carbocycles. The highest BCUT2D eigenvalue weighted by molar-refractivity contribution is 5.85. The maximum atomic E-state index is 12.4. The van der Waals surface area contributed by atoms with Gasteiger partial charge in [-0.3, -0.25) is 14.7 Å². The molecule has 0 bridgehead atoms. The molecule has 3 N–H and O–H groups in total. The summed E-state index contributed by atoms with van der Waals surface area (Å²) in [7, 11) is 0. The number of carboxylic acids is 1. The van der Waals surface area contributed by atoms with Gasteiger partial charge in [0.15, 0.2) is 5.65 Å². The zero-order valence-corrected chi connectivity index (χ0v) is 13.3. The van der Waals surface area contributed by atoms with Gasteiger partial charge in [-0.15, -0.1) is 0 Å². The van der Waals surface area contributed by atoms with Crippen molar-refractivity contribution in [1.29, 1.82) is 0 Å². The molecule has 0 spiro atoms. The van der Waals surface area contributed by atoms with E-state index < -0.39 is 17.9 Å². The van der Waals surface area contributed by atoms with E-state index in [9.17, 15) is 19.5 Å². The highest BCUT2D eigenvalue weighted by Gasteiger charge is 2.26. The predicted molar refractivity (Wildman–Crippen MR) is 83.3 cm³/mol. The number of aromatic nitrogens is 3. The van der Waals surface area contributed by atoms with E-state index in [1.165, 1.54) is 4.52 Å². The van der Waals surface area contributed by atoms with Crippen molar-refractivity contribution in [2.24, 2.45) is 5.92 Å². The fourth-order valence-electron chi connectivity index (χ4n) is 2.38. The Hall–Kier alpha value is -2.64. The van der Waals surface area contributed by atoms with E-state index in [1.54, 1.807) is 26.1 Å². The number of carbonyl (C=O) groups is 2. The van der Waals surface area contributed by atoms with Crippen LogP contribution in [0, 0.1) is 12.8 Å². The number of H-pyrrole nitrogens is 1. The topological polar surface area (TPSA) is 117 Å². The molecule has 2 heterocycles. The van der Waals surface area contributed by atoms with Gasteiger partial charge in [0.05, 0.1) is 6.42 Å². The Morgan fingerprint density at radius 1 is 1.48 bits per heavy atom. The minimum atomic E-state index is -1.08. The van der Waals surface area contributed by atoms with Gasteiger partial charge in [-0.2, -0.15) is 0 Å². The largest absolute Gasteiger partial charge is 0.480 e. The zero-order valence-electron chi connectivity index (χ0n) is 13.3. The number of carboxylic acid groups (broad SMARTS) is 1. The second-order valence-corrected chi connectivity index (χ2v) is 5.58. The Morgan fingerprint density at radius 3 is 2.78 bits per heavy atom. The molecule has 0 radical (unpaired) electrons. The molecule has 2 rings (SSSR count). The molecule has 0 aliphatic heterocycles. The van der Waals surface area contributed by atoms with Gasteiger partial charge in [-0.05, 0) is 12.8 Å². The summed E-state index contributed by atoms with van der Waals surface area (Å²) in [6.07, 6.45) is 1.99. The first kappa shape index (κ1) is 16.7. The van der Waals surface area contributed by atoms with Gasteiger partial charge >= 0.3 is 5.97 Å². The summed E-state index contributed by atoms with van der Waals surface area (Å²) >= 11 is 0. The number of nitrogens with one attached hydrogen (secondary N) is 2. The first-order valence-electron chi connectivity index (χ1n) is 7.43. The lowest BCUT2D eigenvalue weighted by atomic mass is 9.99. The summed E-state index contributed by atoms with van der Waals surface area (Å²) in [5, 5.41) is 14.4. The van der Waals surface area contributed by atoms with Crippen LogP contribution in [-0.2, 0) is 16.0 Å². The van der Waals surface area contributed by atoms with Crippen molar-refractivity contribution in [3.8, 4) is 0 Å². The van der Waals surface area contributed by atoms with Gasteiger partial charge in [-0.25, -0.2) is 14.3 Å². The molecule has 2 aromatic heterocycles. The van der Waals surface area contributed by atoms with Crippen LogP contribution in [0.15, 0.2) is 17.1 Å². The standard InChI is InChI=1S/C15H20N4O4/c1-4-8(2)13(15(22)23)18-12(20)7-10-9(3)17-11-5-6-16-19(11)14(10)21/h5-6,8,13,16H,4,7H2,1-3H3,(H,18,20)(H,22,23)/t8-,13-/m0/s1. The molecule has 2 atom stereocenters. The number of aryl methyl sites for hydroxylation is 1. The second kappa shape index (κ2) is 6.64. The third-order valence-corrected chi connectivity index (χ3v) is 3.98. The van der Waals surface area contributed by atoms with E-state index in [-0.39, 0.29) is 23.5 Å². The summed E-state index contributed by atoms with van der Waals surface area (Å²) in [5.74, 6) is -1.80. The molecule has 1 amide bonds. The van der Waals surface area contributed by atoms with Crippen LogP contribution in [0.2, 0.25) is 0 Å².